The second-order valence-electron chi connectivity index (χ2n) is 6.22. The fourth-order valence-corrected chi connectivity index (χ4v) is 4.73. The molecule has 0 aliphatic carbocycles. The Morgan fingerprint density at radius 3 is 2.61 bits per heavy atom. The zero-order chi connectivity index (χ0) is 20.5. The van der Waals surface area contributed by atoms with Crippen LogP contribution in [0.1, 0.15) is 17.5 Å². The van der Waals surface area contributed by atoms with E-state index >= 15 is 0 Å². The highest BCUT2D eigenvalue weighted by Crippen LogP contribution is 2.29. The van der Waals surface area contributed by atoms with Gasteiger partial charge in [-0.15, -0.1) is 0 Å². The van der Waals surface area contributed by atoms with Crippen molar-refractivity contribution >= 4 is 42.6 Å². The fourth-order valence-electron chi connectivity index (χ4n) is 2.63. The molecule has 3 aromatic rings. The van der Waals surface area contributed by atoms with Crippen LogP contribution < -0.4 is 10.0 Å². The van der Waals surface area contributed by atoms with Crippen molar-refractivity contribution in [1.29, 1.82) is 0 Å². The molecule has 10 heteroatoms. The molecule has 6 nitrogen and oxygen atoms in total. The Morgan fingerprint density at radius 1 is 1.14 bits per heavy atom. The topological polar surface area (TPSA) is 88.2 Å². The van der Waals surface area contributed by atoms with Gasteiger partial charge in [-0.25, -0.2) is 26.9 Å². The summed E-state index contributed by atoms with van der Waals surface area (Å²) in [5.74, 6) is -2.82. The number of halogens is 2. The quantitative estimate of drug-likeness (QED) is 0.633. The Morgan fingerprint density at radius 2 is 1.89 bits per heavy atom. The third-order valence-corrected chi connectivity index (χ3v) is 6.30. The molecule has 1 heterocycles. The largest absolute Gasteiger partial charge is 0.302 e. The van der Waals surface area contributed by atoms with Gasteiger partial charge in [0.05, 0.1) is 15.1 Å². The van der Waals surface area contributed by atoms with Crippen LogP contribution in [0.5, 0.6) is 0 Å². The molecular weight excluding hydrogens is 408 g/mol. The third kappa shape index (κ3) is 4.51. The van der Waals surface area contributed by atoms with Gasteiger partial charge in [-0.1, -0.05) is 17.4 Å². The summed E-state index contributed by atoms with van der Waals surface area (Å²) in [5, 5.41) is 3.07. The first-order valence-electron chi connectivity index (χ1n) is 8.28. The SMILES string of the molecule is Cc1cc(C)c2nc(NC(=O)CCNS(=O)(=O)c3ccc(F)c(F)c3)sc2c1. The molecule has 0 fully saturated rings. The number of thiazole rings is 1. The number of aromatic nitrogens is 1. The Balaban J connectivity index is 1.60. The van der Waals surface area contributed by atoms with Crippen LogP contribution in [-0.2, 0) is 14.8 Å². The number of sulfonamides is 1. The first-order chi connectivity index (χ1) is 13.2. The van der Waals surface area contributed by atoms with E-state index in [0.29, 0.717) is 11.2 Å². The van der Waals surface area contributed by atoms with Gasteiger partial charge in [0.1, 0.15) is 0 Å². The lowest BCUT2D eigenvalue weighted by molar-refractivity contribution is -0.116. The average molecular weight is 425 g/mol. The maximum Gasteiger partial charge on any atom is 0.240 e. The predicted octanol–water partition coefficient (Wildman–Crippen LogP) is 3.50. The van der Waals surface area contributed by atoms with Gasteiger partial charge in [0.25, 0.3) is 0 Å². The van der Waals surface area contributed by atoms with E-state index in [-0.39, 0.29) is 13.0 Å². The van der Waals surface area contributed by atoms with Crippen molar-refractivity contribution in [2.45, 2.75) is 25.2 Å². The first kappa shape index (κ1) is 20.3. The molecule has 1 aromatic heterocycles. The van der Waals surface area contributed by atoms with E-state index in [4.69, 9.17) is 0 Å². The number of aryl methyl sites for hydroxylation is 2. The van der Waals surface area contributed by atoms with Crippen molar-refractivity contribution in [3.8, 4) is 0 Å². The summed E-state index contributed by atoms with van der Waals surface area (Å²) in [6.07, 6.45) is -0.142. The lowest BCUT2D eigenvalue weighted by Crippen LogP contribution is -2.28. The van der Waals surface area contributed by atoms with Crippen LogP contribution in [-0.4, -0.2) is 25.9 Å². The number of benzene rings is 2. The Hall–Kier alpha value is -2.43. The minimum Gasteiger partial charge on any atom is -0.302 e. The van der Waals surface area contributed by atoms with Crippen molar-refractivity contribution < 1.29 is 22.0 Å². The number of carbonyl (C=O) groups is 1. The Labute approximate surface area is 164 Å². The number of nitrogens with zero attached hydrogens (tertiary/aromatic N) is 1. The van der Waals surface area contributed by atoms with Gasteiger partial charge in [0.2, 0.25) is 15.9 Å². The normalized spacial score (nSPS) is 11.7. The highest BCUT2D eigenvalue weighted by Gasteiger charge is 2.17. The van der Waals surface area contributed by atoms with Crippen LogP contribution in [0.4, 0.5) is 13.9 Å². The predicted molar refractivity (Wildman–Crippen MR) is 104 cm³/mol. The summed E-state index contributed by atoms with van der Waals surface area (Å²) in [6, 6.07) is 6.25. The van der Waals surface area contributed by atoms with Gasteiger partial charge < -0.3 is 5.32 Å². The van der Waals surface area contributed by atoms with Gasteiger partial charge in [-0.3, -0.25) is 4.79 Å². The lowest BCUT2D eigenvalue weighted by Gasteiger charge is -2.07. The van der Waals surface area contributed by atoms with Crippen molar-refractivity contribution in [3.63, 3.8) is 0 Å². The molecule has 0 bridgehead atoms. The molecule has 1 amide bonds. The average Bonchev–Trinajstić information content (AvgIpc) is 2.99. The van der Waals surface area contributed by atoms with E-state index in [2.05, 4.69) is 15.0 Å². The molecule has 0 radical (unpaired) electrons. The second kappa shape index (κ2) is 7.90. The van der Waals surface area contributed by atoms with Crippen molar-refractivity contribution in [1.82, 2.24) is 9.71 Å². The summed E-state index contributed by atoms with van der Waals surface area (Å²) in [7, 11) is -4.05. The van der Waals surface area contributed by atoms with Gasteiger partial charge in [0.15, 0.2) is 16.8 Å². The van der Waals surface area contributed by atoms with Crippen molar-refractivity contribution in [3.05, 3.63) is 53.1 Å². The van der Waals surface area contributed by atoms with Crippen LogP contribution >= 0.6 is 11.3 Å². The lowest BCUT2D eigenvalue weighted by atomic mass is 10.1. The summed E-state index contributed by atoms with van der Waals surface area (Å²) in [4.78, 5) is 16.0. The highest BCUT2D eigenvalue weighted by molar-refractivity contribution is 7.89. The summed E-state index contributed by atoms with van der Waals surface area (Å²) < 4.78 is 53.4. The van der Waals surface area contributed by atoms with Crippen molar-refractivity contribution in [2.75, 3.05) is 11.9 Å². The van der Waals surface area contributed by atoms with Gasteiger partial charge in [-0.2, -0.15) is 0 Å². The maximum atomic E-state index is 13.2. The number of rotatable bonds is 6. The number of hydrogen-bond donors (Lipinski definition) is 2. The van der Waals surface area contributed by atoms with Crippen LogP contribution in [0.2, 0.25) is 0 Å². The summed E-state index contributed by atoms with van der Waals surface area (Å²) in [6.45, 7) is 3.72. The minimum absolute atomic E-state index is 0.142. The Bertz CT molecular complexity index is 1160. The molecule has 0 saturated carbocycles. The number of amides is 1. The number of carbonyl (C=O) groups excluding carboxylic acids is 1. The highest BCUT2D eigenvalue weighted by atomic mass is 32.2. The van der Waals surface area contributed by atoms with Crippen LogP contribution in [0.25, 0.3) is 10.2 Å². The Kier molecular flexibility index (Phi) is 5.73. The van der Waals surface area contributed by atoms with E-state index in [9.17, 15) is 22.0 Å². The van der Waals surface area contributed by atoms with E-state index in [1.807, 2.05) is 26.0 Å². The molecule has 28 heavy (non-hydrogen) atoms. The molecule has 2 N–H and O–H groups in total. The summed E-state index contributed by atoms with van der Waals surface area (Å²) >= 11 is 1.33. The van der Waals surface area contributed by atoms with Crippen LogP contribution in [0.15, 0.2) is 35.2 Å². The van der Waals surface area contributed by atoms with E-state index in [0.717, 1.165) is 33.5 Å². The second-order valence-corrected chi connectivity index (χ2v) is 9.02. The molecule has 0 aliphatic rings. The molecule has 2 aromatic carbocycles. The molecule has 0 unspecified atom stereocenters. The molecular formula is C18H17F2N3O3S2. The zero-order valence-corrected chi connectivity index (χ0v) is 16.7. The summed E-state index contributed by atoms with van der Waals surface area (Å²) in [5.41, 5.74) is 2.91. The van der Waals surface area contributed by atoms with Crippen molar-refractivity contribution in [2.24, 2.45) is 0 Å². The molecule has 3 rings (SSSR count). The monoisotopic (exact) mass is 425 g/mol. The molecule has 148 valence electrons. The molecule has 0 aliphatic heterocycles. The molecule has 0 spiro atoms. The standard InChI is InChI=1S/C18H17F2N3O3S2/c1-10-7-11(2)17-15(8-10)27-18(23-17)22-16(24)5-6-21-28(25,26)12-3-4-13(19)14(20)9-12/h3-4,7-9,21H,5-6H2,1-2H3,(H,22,23,24). The molecule has 0 saturated heterocycles. The maximum absolute atomic E-state index is 13.2. The van der Waals surface area contributed by atoms with E-state index in [1.54, 1.807) is 0 Å². The minimum atomic E-state index is -4.05. The first-order valence-corrected chi connectivity index (χ1v) is 10.6. The van der Waals surface area contributed by atoms with E-state index in [1.165, 1.54) is 11.3 Å². The third-order valence-electron chi connectivity index (χ3n) is 3.92. The fraction of sp³-hybridized carbons (Fsp3) is 0.222. The molecule has 0 atom stereocenters. The van der Waals surface area contributed by atoms with Crippen LogP contribution in [0.3, 0.4) is 0 Å². The van der Waals surface area contributed by atoms with E-state index < -0.39 is 32.5 Å². The van der Waals surface area contributed by atoms with Crippen LogP contribution in [0, 0.1) is 25.5 Å². The van der Waals surface area contributed by atoms with Gasteiger partial charge >= 0.3 is 0 Å². The number of fused-ring (bicyclic) bond motifs is 1. The van der Waals surface area contributed by atoms with Gasteiger partial charge in [-0.05, 0) is 49.2 Å². The number of nitrogens with one attached hydrogen (secondary N) is 2. The number of hydrogen-bond acceptors (Lipinski definition) is 5. The van der Waals surface area contributed by atoms with Gasteiger partial charge in [0, 0.05) is 13.0 Å². The number of anilines is 1. The smallest absolute Gasteiger partial charge is 0.240 e. The zero-order valence-electron chi connectivity index (χ0n) is 15.0.